The van der Waals surface area contributed by atoms with E-state index in [2.05, 4.69) is 15.5 Å². The van der Waals surface area contributed by atoms with Crippen LogP contribution < -0.4 is 5.32 Å². The van der Waals surface area contributed by atoms with Gasteiger partial charge in [-0.2, -0.15) is 0 Å². The van der Waals surface area contributed by atoms with E-state index in [1.165, 1.54) is 28.0 Å². The Labute approximate surface area is 128 Å². The van der Waals surface area contributed by atoms with Crippen molar-refractivity contribution in [3.63, 3.8) is 0 Å². The summed E-state index contributed by atoms with van der Waals surface area (Å²) in [6, 6.07) is -0.277. The molecular weight excluding hydrogens is 312 g/mol. The number of carboxylic acids is 1. The number of aromatic nitrogens is 2. The highest BCUT2D eigenvalue weighted by molar-refractivity contribution is 8.04. The van der Waals surface area contributed by atoms with Gasteiger partial charge in [-0.15, -0.1) is 10.2 Å². The predicted molar refractivity (Wildman–Crippen MR) is 75.7 cm³/mol. The molecule has 0 aliphatic carbocycles. The number of nitrogens with one attached hydrogen (secondary N) is 1. The van der Waals surface area contributed by atoms with Crippen LogP contribution >= 0.6 is 23.1 Å². The molecule has 4 rings (SSSR count). The lowest BCUT2D eigenvalue weighted by Crippen LogP contribution is -2.71. The molecule has 0 aromatic carbocycles. The van der Waals surface area contributed by atoms with Crippen LogP contribution in [0, 0.1) is 12.8 Å². The third-order valence-corrected chi connectivity index (χ3v) is 6.20. The van der Waals surface area contributed by atoms with Crippen LogP contribution in [0.4, 0.5) is 0 Å². The molecule has 3 aliphatic rings. The molecule has 2 N–H and O–H groups in total. The zero-order valence-corrected chi connectivity index (χ0v) is 12.7. The molecule has 1 amide bonds. The smallest absolute Gasteiger partial charge is 0.353 e. The van der Waals surface area contributed by atoms with E-state index in [0.29, 0.717) is 0 Å². The zero-order valence-electron chi connectivity index (χ0n) is 11.1. The van der Waals surface area contributed by atoms with Crippen molar-refractivity contribution in [1.29, 1.82) is 0 Å². The van der Waals surface area contributed by atoms with Gasteiger partial charge in [0, 0.05) is 10.8 Å². The largest absolute Gasteiger partial charge is 0.477 e. The molecule has 0 saturated carbocycles. The third kappa shape index (κ3) is 1.77. The first kappa shape index (κ1) is 13.2. The lowest BCUT2D eigenvalue weighted by atomic mass is 9.82. The van der Waals surface area contributed by atoms with Crippen LogP contribution in [0.15, 0.2) is 14.9 Å². The van der Waals surface area contributed by atoms with Crippen LogP contribution in [-0.2, 0) is 9.59 Å². The normalized spacial score (nSPS) is 30.4. The van der Waals surface area contributed by atoms with Crippen LogP contribution in [-0.4, -0.2) is 50.7 Å². The van der Waals surface area contributed by atoms with Gasteiger partial charge in [0.05, 0.1) is 6.04 Å². The quantitative estimate of drug-likeness (QED) is 0.779. The maximum absolute atomic E-state index is 12.1. The zero-order chi connectivity index (χ0) is 14.7. The number of aliphatic carboxylic acids is 1. The molecule has 9 heteroatoms. The van der Waals surface area contributed by atoms with Gasteiger partial charge in [-0.05, 0) is 19.9 Å². The van der Waals surface area contributed by atoms with Gasteiger partial charge < -0.3 is 10.4 Å². The molecular formula is C12H12N4O3S2. The number of rotatable bonds is 3. The lowest BCUT2D eigenvalue weighted by Gasteiger charge is -2.48. The Hall–Kier alpha value is -1.45. The Morgan fingerprint density at radius 3 is 3.00 bits per heavy atom. The average molecular weight is 324 g/mol. The van der Waals surface area contributed by atoms with Gasteiger partial charge in [0.25, 0.3) is 0 Å². The summed E-state index contributed by atoms with van der Waals surface area (Å²) in [5.41, 5.74) is 0.132. The summed E-state index contributed by atoms with van der Waals surface area (Å²) in [5, 5.41) is 21.5. The molecule has 2 saturated heterocycles. The monoisotopic (exact) mass is 324 g/mol. The van der Waals surface area contributed by atoms with Crippen LogP contribution in [0.1, 0.15) is 11.4 Å². The maximum atomic E-state index is 12.1. The van der Waals surface area contributed by atoms with Crippen molar-refractivity contribution in [1.82, 2.24) is 20.4 Å². The maximum Gasteiger partial charge on any atom is 0.353 e. The Kier molecular flexibility index (Phi) is 2.85. The minimum atomic E-state index is -1.04. The Bertz CT molecular complexity index is 686. The fourth-order valence-corrected chi connectivity index (χ4v) is 5.46. The Morgan fingerprint density at radius 2 is 2.33 bits per heavy atom. The summed E-state index contributed by atoms with van der Waals surface area (Å²) in [6.07, 6.45) is 0.835. The molecule has 110 valence electrons. The molecule has 1 aromatic rings. The number of carbonyl (C=O) groups excluding carboxylic acids is 1. The van der Waals surface area contributed by atoms with Crippen molar-refractivity contribution in [3.05, 3.63) is 15.6 Å². The van der Waals surface area contributed by atoms with E-state index < -0.39 is 5.97 Å². The third-order valence-electron chi connectivity index (χ3n) is 4.09. The number of β-lactam (4-membered cyclic amide) rings is 1. The van der Waals surface area contributed by atoms with Crippen LogP contribution in [0.5, 0.6) is 0 Å². The van der Waals surface area contributed by atoms with Gasteiger partial charge >= 0.3 is 5.97 Å². The molecule has 4 heterocycles. The number of thioether (sulfide) groups is 1. The van der Waals surface area contributed by atoms with E-state index in [1.54, 1.807) is 0 Å². The molecule has 7 nitrogen and oxygen atoms in total. The minimum Gasteiger partial charge on any atom is -0.477 e. The number of nitrogens with zero attached hydrogens (tertiary/aromatic N) is 3. The van der Waals surface area contributed by atoms with Crippen molar-refractivity contribution >= 4 is 35.0 Å². The molecule has 1 aromatic heterocycles. The van der Waals surface area contributed by atoms with E-state index in [-0.39, 0.29) is 29.6 Å². The van der Waals surface area contributed by atoms with Crippen LogP contribution in [0.2, 0.25) is 0 Å². The standard InChI is InChI=1S/C12H12N4O3S2/c1-4-14-15-12(20-4)21-9-5-2-3-13-6-7(5)16(10(6)17)8(9)11(18)19/h5-7,13H,2-3H2,1H3,(H,18,19)/t5?,6-,7+/m0/s1. The first-order valence-electron chi connectivity index (χ1n) is 6.60. The van der Waals surface area contributed by atoms with Gasteiger partial charge in [-0.3, -0.25) is 9.69 Å². The summed E-state index contributed by atoms with van der Waals surface area (Å²) < 4.78 is 0.728. The molecule has 0 bridgehead atoms. The number of carboxylic acid groups (broad SMARTS) is 1. The second kappa shape index (κ2) is 4.52. The van der Waals surface area contributed by atoms with Crippen molar-refractivity contribution < 1.29 is 14.7 Å². The van der Waals surface area contributed by atoms with Gasteiger partial charge in [0.1, 0.15) is 16.7 Å². The molecule has 21 heavy (non-hydrogen) atoms. The first-order valence-corrected chi connectivity index (χ1v) is 8.23. The summed E-state index contributed by atoms with van der Waals surface area (Å²) in [5.74, 6) is -1.08. The highest BCUT2D eigenvalue weighted by atomic mass is 32.2. The second-order valence-electron chi connectivity index (χ2n) is 5.23. The van der Waals surface area contributed by atoms with Gasteiger partial charge in [0.15, 0.2) is 4.34 Å². The van der Waals surface area contributed by atoms with Gasteiger partial charge in [-0.1, -0.05) is 23.1 Å². The Balaban J connectivity index is 1.75. The molecule has 3 aliphatic heterocycles. The molecule has 2 fully saturated rings. The van der Waals surface area contributed by atoms with E-state index in [9.17, 15) is 14.7 Å². The molecule has 3 atom stereocenters. The number of aryl methyl sites for hydroxylation is 1. The first-order chi connectivity index (χ1) is 10.1. The topological polar surface area (TPSA) is 95.4 Å². The summed E-state index contributed by atoms with van der Waals surface area (Å²) in [6.45, 7) is 2.59. The number of hydrogen-bond acceptors (Lipinski definition) is 7. The number of hydrogen-bond donors (Lipinski definition) is 2. The van der Waals surface area contributed by atoms with Crippen LogP contribution in [0.25, 0.3) is 0 Å². The predicted octanol–water partition coefficient (Wildman–Crippen LogP) is 0.437. The highest BCUT2D eigenvalue weighted by Crippen LogP contribution is 2.51. The summed E-state index contributed by atoms with van der Waals surface area (Å²) in [4.78, 5) is 25.9. The lowest BCUT2D eigenvalue weighted by molar-refractivity contribution is -0.154. The Morgan fingerprint density at radius 1 is 1.52 bits per heavy atom. The minimum absolute atomic E-state index is 0.0473. The average Bonchev–Trinajstić information content (AvgIpc) is 3.00. The fourth-order valence-electron chi connectivity index (χ4n) is 3.28. The summed E-state index contributed by atoms with van der Waals surface area (Å²) in [7, 11) is 0. The fraction of sp³-hybridized carbons (Fsp3) is 0.500. The van der Waals surface area contributed by atoms with Gasteiger partial charge in [-0.25, -0.2) is 4.79 Å². The van der Waals surface area contributed by atoms with Crippen molar-refractivity contribution in [2.45, 2.75) is 29.8 Å². The number of carbonyl (C=O) groups is 2. The SMILES string of the molecule is Cc1nnc(SC2=C(C(=O)O)N3C(=O)[C@H]4NCCC2[C@H]43)s1. The van der Waals surface area contributed by atoms with Crippen molar-refractivity contribution in [2.24, 2.45) is 5.92 Å². The van der Waals surface area contributed by atoms with E-state index in [0.717, 1.165) is 27.2 Å². The molecule has 0 radical (unpaired) electrons. The number of piperidine rings is 1. The summed E-state index contributed by atoms with van der Waals surface area (Å²) >= 11 is 2.79. The van der Waals surface area contributed by atoms with Gasteiger partial charge in [0.2, 0.25) is 5.91 Å². The second-order valence-corrected chi connectivity index (χ2v) is 7.70. The van der Waals surface area contributed by atoms with E-state index in [4.69, 9.17) is 0 Å². The van der Waals surface area contributed by atoms with Crippen molar-refractivity contribution in [2.75, 3.05) is 6.54 Å². The van der Waals surface area contributed by atoms with E-state index >= 15 is 0 Å². The number of amides is 1. The highest BCUT2D eigenvalue weighted by Gasteiger charge is 2.61. The van der Waals surface area contributed by atoms with Crippen molar-refractivity contribution in [3.8, 4) is 0 Å². The van der Waals surface area contributed by atoms with Crippen LogP contribution in [0.3, 0.4) is 0 Å². The molecule has 0 spiro atoms. The molecule has 1 unspecified atom stereocenters. The van der Waals surface area contributed by atoms with E-state index in [1.807, 2.05) is 6.92 Å².